The summed E-state index contributed by atoms with van der Waals surface area (Å²) in [6.45, 7) is -0.0488. The fourth-order valence-electron chi connectivity index (χ4n) is 1.71. The normalized spacial score (nSPS) is 11.4. The minimum absolute atomic E-state index is 0.0488. The topological polar surface area (TPSA) is 44.1 Å². The molecule has 0 aliphatic heterocycles. The van der Waals surface area contributed by atoms with E-state index >= 15 is 0 Å². The third-order valence-corrected chi connectivity index (χ3v) is 2.71. The number of carbonyl (C=O) groups excluding carboxylic acids is 1. The molecule has 0 bridgehead atoms. The molecule has 4 nitrogen and oxygen atoms in total. The van der Waals surface area contributed by atoms with Gasteiger partial charge in [0.2, 0.25) is 0 Å². The van der Waals surface area contributed by atoms with Crippen molar-refractivity contribution in [3.8, 4) is 11.4 Å². The van der Waals surface area contributed by atoms with Gasteiger partial charge in [0.25, 0.3) is 0 Å². The summed E-state index contributed by atoms with van der Waals surface area (Å²) in [5.74, 6) is -0.0553. The molecule has 106 valence electrons. The van der Waals surface area contributed by atoms with E-state index in [0.717, 1.165) is 12.1 Å². The third kappa shape index (κ3) is 2.98. The predicted octanol–water partition coefficient (Wildman–Crippen LogP) is 2.74. The molecule has 0 saturated heterocycles. The van der Waals surface area contributed by atoms with Gasteiger partial charge in [-0.15, -0.1) is 0 Å². The summed E-state index contributed by atoms with van der Waals surface area (Å²) in [4.78, 5) is 15.3. The number of esters is 1. The van der Waals surface area contributed by atoms with E-state index in [1.165, 1.54) is 30.0 Å². The molecule has 0 unspecified atom stereocenters. The van der Waals surface area contributed by atoms with Crippen LogP contribution in [-0.4, -0.2) is 22.6 Å². The van der Waals surface area contributed by atoms with E-state index in [2.05, 4.69) is 9.72 Å². The van der Waals surface area contributed by atoms with E-state index in [-0.39, 0.29) is 6.54 Å². The number of halogens is 3. The number of alkyl halides is 3. The van der Waals surface area contributed by atoms with E-state index in [9.17, 15) is 18.0 Å². The van der Waals surface area contributed by atoms with Crippen LogP contribution in [0.5, 0.6) is 0 Å². The molecule has 2 aromatic rings. The summed E-state index contributed by atoms with van der Waals surface area (Å²) in [6, 6.07) is 4.59. The number of ether oxygens (including phenoxy) is 1. The van der Waals surface area contributed by atoms with Gasteiger partial charge in [-0.05, 0) is 12.1 Å². The van der Waals surface area contributed by atoms with Crippen molar-refractivity contribution in [2.45, 2.75) is 12.7 Å². The van der Waals surface area contributed by atoms with Crippen LogP contribution < -0.4 is 0 Å². The molecule has 1 aromatic carbocycles. The number of imidazole rings is 1. The molecule has 0 fully saturated rings. The summed E-state index contributed by atoms with van der Waals surface area (Å²) < 4.78 is 43.5. The fourth-order valence-corrected chi connectivity index (χ4v) is 1.71. The lowest BCUT2D eigenvalue weighted by atomic mass is 10.1. The van der Waals surface area contributed by atoms with Gasteiger partial charge in [-0.1, -0.05) is 12.1 Å². The highest BCUT2D eigenvalue weighted by atomic mass is 19.4. The molecule has 0 saturated carbocycles. The molecule has 0 amide bonds. The Morgan fingerprint density at radius 3 is 2.50 bits per heavy atom. The van der Waals surface area contributed by atoms with E-state index in [0.29, 0.717) is 11.4 Å². The molecule has 0 radical (unpaired) electrons. The Labute approximate surface area is 112 Å². The van der Waals surface area contributed by atoms with Crippen LogP contribution in [0.2, 0.25) is 0 Å². The van der Waals surface area contributed by atoms with Crippen molar-refractivity contribution in [1.82, 2.24) is 9.55 Å². The molecular weight excluding hydrogens is 273 g/mol. The maximum Gasteiger partial charge on any atom is 0.416 e. The van der Waals surface area contributed by atoms with Gasteiger partial charge in [-0.3, -0.25) is 4.79 Å². The lowest BCUT2D eigenvalue weighted by Crippen LogP contribution is -2.12. The van der Waals surface area contributed by atoms with E-state index < -0.39 is 17.7 Å². The molecule has 7 heteroatoms. The summed E-state index contributed by atoms with van der Waals surface area (Å²) in [7, 11) is 1.26. The van der Waals surface area contributed by atoms with Crippen LogP contribution in [0.25, 0.3) is 11.4 Å². The first-order valence-electron chi connectivity index (χ1n) is 5.67. The summed E-state index contributed by atoms with van der Waals surface area (Å²) >= 11 is 0. The molecule has 2 rings (SSSR count). The minimum Gasteiger partial charge on any atom is -0.468 e. The fraction of sp³-hybridized carbons (Fsp3) is 0.231. The second-order valence-corrected chi connectivity index (χ2v) is 4.03. The Balaban J connectivity index is 2.29. The first-order valence-corrected chi connectivity index (χ1v) is 5.67. The molecule has 20 heavy (non-hydrogen) atoms. The van der Waals surface area contributed by atoms with Gasteiger partial charge in [0.05, 0.1) is 12.7 Å². The Hall–Kier alpha value is -2.31. The predicted molar refractivity (Wildman–Crippen MR) is 64.7 cm³/mol. The Bertz CT molecular complexity index is 603. The Morgan fingerprint density at radius 2 is 1.95 bits per heavy atom. The summed E-state index contributed by atoms with van der Waals surface area (Å²) in [5.41, 5.74) is -0.237. The number of benzene rings is 1. The molecule has 1 aromatic heterocycles. The van der Waals surface area contributed by atoms with Crippen molar-refractivity contribution in [3.05, 3.63) is 42.2 Å². The standard InChI is InChI=1S/C13H11F3N2O2/c1-20-11(19)8-18-7-6-17-12(18)9-2-4-10(5-3-9)13(14,15)16/h2-7H,8H2,1H3. The highest BCUT2D eigenvalue weighted by molar-refractivity contribution is 5.70. The van der Waals surface area contributed by atoms with Gasteiger partial charge in [0.15, 0.2) is 0 Å². The smallest absolute Gasteiger partial charge is 0.416 e. The minimum atomic E-state index is -4.38. The maximum absolute atomic E-state index is 12.5. The number of aromatic nitrogens is 2. The molecule has 1 heterocycles. The van der Waals surface area contributed by atoms with Gasteiger partial charge in [0, 0.05) is 18.0 Å². The monoisotopic (exact) mass is 284 g/mol. The van der Waals surface area contributed by atoms with Crippen LogP contribution in [0.4, 0.5) is 13.2 Å². The summed E-state index contributed by atoms with van der Waals surface area (Å²) in [6.07, 6.45) is -1.35. The number of rotatable bonds is 3. The van der Waals surface area contributed by atoms with Crippen molar-refractivity contribution in [3.63, 3.8) is 0 Å². The zero-order valence-electron chi connectivity index (χ0n) is 10.5. The zero-order valence-corrected chi connectivity index (χ0v) is 10.5. The Kier molecular flexibility index (Phi) is 3.78. The van der Waals surface area contributed by atoms with Crippen LogP contribution in [0.1, 0.15) is 5.56 Å². The van der Waals surface area contributed by atoms with Gasteiger partial charge in [0.1, 0.15) is 12.4 Å². The highest BCUT2D eigenvalue weighted by Crippen LogP contribution is 2.30. The number of hydrogen-bond acceptors (Lipinski definition) is 3. The molecule has 0 spiro atoms. The first-order chi connectivity index (χ1) is 9.41. The second kappa shape index (κ2) is 5.36. The van der Waals surface area contributed by atoms with Gasteiger partial charge < -0.3 is 9.30 Å². The van der Waals surface area contributed by atoms with E-state index in [1.807, 2.05) is 0 Å². The number of carbonyl (C=O) groups is 1. The quantitative estimate of drug-likeness (QED) is 0.814. The van der Waals surface area contributed by atoms with Gasteiger partial charge >= 0.3 is 12.1 Å². The molecule has 0 aliphatic carbocycles. The largest absolute Gasteiger partial charge is 0.468 e. The summed E-state index contributed by atoms with van der Waals surface area (Å²) in [5, 5.41) is 0. The third-order valence-electron chi connectivity index (χ3n) is 2.71. The van der Waals surface area contributed by atoms with Crippen molar-refractivity contribution < 1.29 is 22.7 Å². The lowest BCUT2D eigenvalue weighted by molar-refractivity contribution is -0.141. The average Bonchev–Trinajstić information content (AvgIpc) is 2.86. The second-order valence-electron chi connectivity index (χ2n) is 4.03. The van der Waals surface area contributed by atoms with Crippen LogP contribution in [0.15, 0.2) is 36.7 Å². The lowest BCUT2D eigenvalue weighted by Gasteiger charge is -2.09. The number of nitrogens with zero attached hydrogens (tertiary/aromatic N) is 2. The van der Waals surface area contributed by atoms with Crippen LogP contribution >= 0.6 is 0 Å². The van der Waals surface area contributed by atoms with Crippen molar-refractivity contribution in [1.29, 1.82) is 0 Å². The van der Waals surface area contributed by atoms with Crippen LogP contribution in [0, 0.1) is 0 Å². The van der Waals surface area contributed by atoms with E-state index in [1.54, 1.807) is 6.20 Å². The van der Waals surface area contributed by atoms with Crippen LogP contribution in [-0.2, 0) is 22.3 Å². The van der Waals surface area contributed by atoms with E-state index in [4.69, 9.17) is 0 Å². The average molecular weight is 284 g/mol. The van der Waals surface area contributed by atoms with Crippen molar-refractivity contribution in [2.24, 2.45) is 0 Å². The number of methoxy groups -OCH3 is 1. The highest BCUT2D eigenvalue weighted by Gasteiger charge is 2.30. The SMILES string of the molecule is COC(=O)Cn1ccnc1-c1ccc(C(F)(F)F)cc1. The molecular formula is C13H11F3N2O2. The molecule has 0 atom stereocenters. The van der Waals surface area contributed by atoms with Crippen LogP contribution in [0.3, 0.4) is 0 Å². The molecule has 0 aliphatic rings. The van der Waals surface area contributed by atoms with Crippen molar-refractivity contribution >= 4 is 5.97 Å². The van der Waals surface area contributed by atoms with Crippen molar-refractivity contribution in [2.75, 3.05) is 7.11 Å². The Morgan fingerprint density at radius 1 is 1.30 bits per heavy atom. The van der Waals surface area contributed by atoms with Gasteiger partial charge in [-0.25, -0.2) is 4.98 Å². The number of hydrogen-bond donors (Lipinski definition) is 0. The molecule has 0 N–H and O–H groups in total. The van der Waals surface area contributed by atoms with Gasteiger partial charge in [-0.2, -0.15) is 13.2 Å². The zero-order chi connectivity index (χ0) is 14.8. The first kappa shape index (κ1) is 14.1. The maximum atomic E-state index is 12.5.